The molecule has 41 heavy (non-hydrogen) atoms. The minimum Gasteiger partial charge on any atom is -0.726 e. The second-order valence-electron chi connectivity index (χ2n) is 12.2. The largest absolute Gasteiger partial charge is 0.726 e. The molecule has 1 N–H and O–H groups in total. The fourth-order valence-electron chi connectivity index (χ4n) is 5.22. The van der Waals surface area contributed by atoms with Gasteiger partial charge in [-0.15, -0.1) is 0 Å². The van der Waals surface area contributed by atoms with Crippen molar-refractivity contribution in [2.24, 2.45) is 0 Å². The molecule has 0 bridgehead atoms. The third kappa shape index (κ3) is 27.4. The van der Waals surface area contributed by atoms with Crippen LogP contribution in [0.2, 0.25) is 0 Å². The van der Waals surface area contributed by atoms with Crippen LogP contribution in [0.1, 0.15) is 142 Å². The number of nitrogens with zero attached hydrogens (tertiary/aromatic N) is 2. The molecule has 2 amide bonds. The van der Waals surface area contributed by atoms with Crippen molar-refractivity contribution in [2.75, 3.05) is 47.5 Å². The van der Waals surface area contributed by atoms with Gasteiger partial charge in [0.05, 0.1) is 27.7 Å². The van der Waals surface area contributed by atoms with E-state index in [-0.39, 0.29) is 5.91 Å². The molecule has 1 aliphatic heterocycles. The molecule has 0 radical (unpaired) electrons. The Bertz CT molecular complexity index is 761. The van der Waals surface area contributed by atoms with E-state index >= 15 is 0 Å². The number of unbranched alkanes of at least 4 members (excludes halogenated alkanes) is 16. The summed E-state index contributed by atoms with van der Waals surface area (Å²) < 4.78 is 31.8. The summed E-state index contributed by atoms with van der Waals surface area (Å²) >= 11 is 0. The van der Waals surface area contributed by atoms with E-state index in [9.17, 15) is 22.6 Å². The van der Waals surface area contributed by atoms with Crippen molar-refractivity contribution >= 4 is 22.2 Å². The molecule has 0 aliphatic carbocycles. The molecule has 1 heterocycles. The molecule has 0 atom stereocenters. The van der Waals surface area contributed by atoms with Gasteiger partial charge in [-0.3, -0.25) is 18.7 Å². The predicted molar refractivity (Wildman–Crippen MR) is 166 cm³/mol. The van der Waals surface area contributed by atoms with E-state index in [4.69, 9.17) is 0 Å². The van der Waals surface area contributed by atoms with Gasteiger partial charge in [0.1, 0.15) is 0 Å². The molecule has 0 unspecified atom stereocenters. The third-order valence-electron chi connectivity index (χ3n) is 7.70. The molecule has 244 valence electrons. The summed E-state index contributed by atoms with van der Waals surface area (Å²) in [5.74, 6) is 0.490. The molecule has 0 saturated carbocycles. The van der Waals surface area contributed by atoms with E-state index in [1.165, 1.54) is 103 Å². The number of quaternary nitrogens is 1. The van der Waals surface area contributed by atoms with Crippen LogP contribution in [0.5, 0.6) is 0 Å². The first-order valence-corrected chi connectivity index (χ1v) is 17.7. The van der Waals surface area contributed by atoms with Gasteiger partial charge in [-0.1, -0.05) is 110 Å². The summed E-state index contributed by atoms with van der Waals surface area (Å²) in [7, 11) is 0.739. The van der Waals surface area contributed by atoms with Crippen molar-refractivity contribution < 1.29 is 31.2 Å². The lowest BCUT2D eigenvalue weighted by Gasteiger charge is -2.33. The summed E-state index contributed by atoms with van der Waals surface area (Å²) in [4.78, 5) is 25.9. The van der Waals surface area contributed by atoms with E-state index in [0.29, 0.717) is 18.7 Å². The standard InChI is InChI=1S/C30H59N3O2.CH4O4S/c1-4-5-6-7-8-9-10-11-12-13-14-15-16-17-18-19-20-23-29(34)31-25-22-27-33(2,3)28-32-26-21-24-30(32)35;1-5-6(2,3)4/h4-28H2,1-3H3;1H3,(H,2,3,4). The lowest BCUT2D eigenvalue weighted by molar-refractivity contribution is -0.898. The van der Waals surface area contributed by atoms with Crippen molar-refractivity contribution in [2.45, 2.75) is 142 Å². The fraction of sp³-hybridized carbons (Fsp3) is 0.935. The number of hydrogen-bond acceptors (Lipinski definition) is 6. The Morgan fingerprint density at radius 2 is 1.29 bits per heavy atom. The predicted octanol–water partition coefficient (Wildman–Crippen LogP) is 6.28. The minimum absolute atomic E-state index is 0.200. The second kappa shape index (κ2) is 25.3. The van der Waals surface area contributed by atoms with Crippen LogP contribution in [0.3, 0.4) is 0 Å². The van der Waals surface area contributed by atoms with Crippen LogP contribution in [0, 0.1) is 0 Å². The Kier molecular flexibility index (Phi) is 24.5. The topological polar surface area (TPSA) is 116 Å². The van der Waals surface area contributed by atoms with Gasteiger partial charge in [-0.25, -0.2) is 8.42 Å². The van der Waals surface area contributed by atoms with Crippen molar-refractivity contribution in [3.63, 3.8) is 0 Å². The molecule has 1 rings (SSSR count). The number of rotatable bonds is 25. The Morgan fingerprint density at radius 3 is 1.68 bits per heavy atom. The number of amides is 2. The SMILES string of the molecule is CCCCCCCCCCCCCCCCCCCC(=O)NCCC[N+](C)(C)CN1CCCC1=O.COS(=O)(=O)[O-]. The zero-order valence-electron chi connectivity index (χ0n) is 26.9. The quantitative estimate of drug-likeness (QED) is 0.0566. The van der Waals surface area contributed by atoms with Crippen LogP contribution < -0.4 is 5.32 Å². The molecule has 1 fully saturated rings. The van der Waals surface area contributed by atoms with Crippen LogP contribution in [0.15, 0.2) is 0 Å². The van der Waals surface area contributed by atoms with Gasteiger partial charge in [0.2, 0.25) is 22.2 Å². The van der Waals surface area contributed by atoms with Gasteiger partial charge in [-0.05, 0) is 12.8 Å². The van der Waals surface area contributed by atoms with E-state index in [1.54, 1.807) is 0 Å². The Morgan fingerprint density at radius 1 is 0.854 bits per heavy atom. The number of carbonyl (C=O) groups excluding carboxylic acids is 2. The molecule has 1 aliphatic rings. The molecule has 10 heteroatoms. The Hall–Kier alpha value is -1.23. The molecule has 0 aromatic rings. The maximum atomic E-state index is 12.1. The molecular weight excluding hydrogens is 542 g/mol. The Balaban J connectivity index is 0.00000239. The zero-order chi connectivity index (χ0) is 30.8. The monoisotopic (exact) mass is 605 g/mol. The molecule has 9 nitrogen and oxygen atoms in total. The smallest absolute Gasteiger partial charge is 0.226 e. The van der Waals surface area contributed by atoms with Gasteiger partial charge < -0.3 is 14.4 Å². The van der Waals surface area contributed by atoms with Gasteiger partial charge in [-0.2, -0.15) is 0 Å². The molecular formula is C31H63N3O6S. The zero-order valence-corrected chi connectivity index (χ0v) is 27.7. The lowest BCUT2D eigenvalue weighted by atomic mass is 10.0. The maximum absolute atomic E-state index is 12.1. The Labute approximate surface area is 252 Å². The van der Waals surface area contributed by atoms with Gasteiger partial charge in [0.15, 0.2) is 6.67 Å². The molecule has 0 aromatic heterocycles. The average molecular weight is 606 g/mol. The van der Waals surface area contributed by atoms with Crippen LogP contribution in [0.25, 0.3) is 0 Å². The van der Waals surface area contributed by atoms with Crippen molar-refractivity contribution in [3.05, 3.63) is 0 Å². The number of nitrogens with one attached hydrogen (secondary N) is 1. The lowest BCUT2D eigenvalue weighted by Crippen LogP contribution is -2.50. The second-order valence-corrected chi connectivity index (χ2v) is 13.4. The molecule has 0 aromatic carbocycles. The van der Waals surface area contributed by atoms with E-state index in [1.807, 2.05) is 4.90 Å². The van der Waals surface area contributed by atoms with Crippen LogP contribution >= 0.6 is 0 Å². The van der Waals surface area contributed by atoms with E-state index < -0.39 is 10.4 Å². The number of hydrogen-bond donors (Lipinski definition) is 1. The highest BCUT2D eigenvalue weighted by molar-refractivity contribution is 7.80. The first-order chi connectivity index (χ1) is 19.5. The first-order valence-electron chi connectivity index (χ1n) is 16.4. The highest BCUT2D eigenvalue weighted by atomic mass is 32.3. The van der Waals surface area contributed by atoms with Crippen LogP contribution in [0.4, 0.5) is 0 Å². The van der Waals surface area contributed by atoms with Crippen molar-refractivity contribution in [1.29, 1.82) is 0 Å². The minimum atomic E-state index is -4.41. The van der Waals surface area contributed by atoms with Crippen molar-refractivity contribution in [3.8, 4) is 0 Å². The molecule has 1 saturated heterocycles. The maximum Gasteiger partial charge on any atom is 0.226 e. The van der Waals surface area contributed by atoms with E-state index in [0.717, 1.165) is 57.2 Å². The van der Waals surface area contributed by atoms with Gasteiger partial charge >= 0.3 is 0 Å². The number of likely N-dealkylation sites (tertiary alicyclic amines) is 1. The first kappa shape index (κ1) is 39.8. The highest BCUT2D eigenvalue weighted by Gasteiger charge is 2.27. The van der Waals surface area contributed by atoms with E-state index in [2.05, 4.69) is 30.5 Å². The summed E-state index contributed by atoms with van der Waals surface area (Å²) in [6.45, 7) is 5.69. The average Bonchev–Trinajstić information content (AvgIpc) is 3.31. The third-order valence-corrected chi connectivity index (χ3v) is 8.11. The fourth-order valence-corrected chi connectivity index (χ4v) is 5.22. The highest BCUT2D eigenvalue weighted by Crippen LogP contribution is 2.15. The van der Waals surface area contributed by atoms with Crippen LogP contribution in [-0.2, 0) is 24.2 Å². The van der Waals surface area contributed by atoms with Crippen molar-refractivity contribution in [1.82, 2.24) is 10.2 Å². The van der Waals surface area contributed by atoms with Gasteiger partial charge in [0, 0.05) is 32.4 Å². The number of carbonyl (C=O) groups is 2. The summed E-state index contributed by atoms with van der Waals surface area (Å²) in [5.41, 5.74) is 0. The van der Waals surface area contributed by atoms with Crippen LogP contribution in [-0.4, -0.2) is 81.7 Å². The summed E-state index contributed by atoms with van der Waals surface area (Å²) in [6.07, 6.45) is 26.5. The molecule has 0 spiro atoms. The van der Waals surface area contributed by atoms with Gasteiger partial charge in [0.25, 0.3) is 0 Å². The summed E-state index contributed by atoms with van der Waals surface area (Å²) in [6, 6.07) is 0. The summed E-state index contributed by atoms with van der Waals surface area (Å²) in [5, 5.41) is 3.08. The normalized spacial score (nSPS) is 13.8.